The predicted molar refractivity (Wildman–Crippen MR) is 78.9 cm³/mol. The zero-order valence-corrected chi connectivity index (χ0v) is 12.1. The van der Waals surface area contributed by atoms with E-state index in [0.717, 1.165) is 41.2 Å². The first kappa shape index (κ1) is 13.2. The fraction of sp³-hybridized carbons (Fsp3) is 0.333. The first-order chi connectivity index (χ1) is 9.72. The number of aromatic carboxylic acids is 1. The second-order valence-electron chi connectivity index (χ2n) is 4.87. The highest BCUT2D eigenvalue weighted by molar-refractivity contribution is 7.98. The quantitative estimate of drug-likeness (QED) is 0.881. The van der Waals surface area contributed by atoms with Crippen LogP contribution in [-0.2, 0) is 12.8 Å². The Hall–Kier alpha value is -1.75. The maximum absolute atomic E-state index is 11.6. The van der Waals surface area contributed by atoms with Gasteiger partial charge in [0.15, 0.2) is 0 Å². The Balaban J connectivity index is 2.20. The Labute approximate surface area is 121 Å². The molecule has 1 aliphatic carbocycles. The van der Waals surface area contributed by atoms with Crippen molar-refractivity contribution in [3.05, 3.63) is 41.5 Å². The number of carbonyl (C=O) groups is 1. The molecule has 104 valence electrons. The molecule has 20 heavy (non-hydrogen) atoms. The van der Waals surface area contributed by atoms with Gasteiger partial charge in [0.1, 0.15) is 0 Å². The van der Waals surface area contributed by atoms with Gasteiger partial charge >= 0.3 is 5.97 Å². The molecule has 0 fully saturated rings. The Morgan fingerprint density at radius 2 is 2.15 bits per heavy atom. The molecule has 1 aromatic heterocycles. The molecule has 4 nitrogen and oxygen atoms in total. The monoisotopic (exact) mass is 288 g/mol. The lowest BCUT2D eigenvalue weighted by atomic mass is 10.0. The largest absolute Gasteiger partial charge is 0.478 e. The Morgan fingerprint density at radius 1 is 1.35 bits per heavy atom. The van der Waals surface area contributed by atoms with Gasteiger partial charge in [0.05, 0.1) is 23.3 Å². The summed E-state index contributed by atoms with van der Waals surface area (Å²) in [4.78, 5) is 16.9. The lowest BCUT2D eigenvalue weighted by Gasteiger charge is -2.16. The molecule has 1 heterocycles. The second kappa shape index (κ2) is 5.32. The van der Waals surface area contributed by atoms with Crippen molar-refractivity contribution in [1.82, 2.24) is 9.55 Å². The van der Waals surface area contributed by atoms with Crippen LogP contribution < -0.4 is 0 Å². The summed E-state index contributed by atoms with van der Waals surface area (Å²) in [7, 11) is 0. The molecular formula is C15H16N2O2S. The Morgan fingerprint density at radius 3 is 2.90 bits per heavy atom. The molecule has 5 heteroatoms. The van der Waals surface area contributed by atoms with E-state index in [-0.39, 0.29) is 0 Å². The van der Waals surface area contributed by atoms with E-state index >= 15 is 0 Å². The fourth-order valence-corrected chi connectivity index (χ4v) is 3.39. The third-order valence-electron chi connectivity index (χ3n) is 3.73. The Bertz CT molecular complexity index is 664. The standard InChI is InChI=1S/C15H16N2O2S/c1-20-13-8-4-7-12(14(13)15(18)19)17-9-16-10-5-2-3-6-11(10)17/h4,7-9H,2-3,5-6H2,1H3,(H,18,19). The van der Waals surface area contributed by atoms with Crippen LogP contribution in [0.5, 0.6) is 0 Å². The van der Waals surface area contributed by atoms with Gasteiger partial charge in [0, 0.05) is 10.6 Å². The SMILES string of the molecule is CSc1cccc(-n2cnc3c2CCCC3)c1C(=O)O. The van der Waals surface area contributed by atoms with Crippen molar-refractivity contribution < 1.29 is 9.90 Å². The molecule has 0 aliphatic heterocycles. The number of thioether (sulfide) groups is 1. The molecule has 0 unspecified atom stereocenters. The van der Waals surface area contributed by atoms with Crippen molar-refractivity contribution in [3.8, 4) is 5.69 Å². The number of hydrogen-bond donors (Lipinski definition) is 1. The first-order valence-corrected chi connectivity index (χ1v) is 7.90. The van der Waals surface area contributed by atoms with Crippen LogP contribution in [0, 0.1) is 0 Å². The van der Waals surface area contributed by atoms with E-state index in [0.29, 0.717) is 5.56 Å². The number of fused-ring (bicyclic) bond motifs is 1. The van der Waals surface area contributed by atoms with E-state index in [1.807, 2.05) is 29.0 Å². The minimum absolute atomic E-state index is 0.366. The van der Waals surface area contributed by atoms with Gasteiger partial charge in [0.2, 0.25) is 0 Å². The highest BCUT2D eigenvalue weighted by Gasteiger charge is 2.21. The van der Waals surface area contributed by atoms with Gasteiger partial charge in [-0.05, 0) is 44.1 Å². The number of nitrogens with zero attached hydrogens (tertiary/aromatic N) is 2. The second-order valence-corrected chi connectivity index (χ2v) is 5.72. The van der Waals surface area contributed by atoms with Gasteiger partial charge in [-0.15, -0.1) is 11.8 Å². The highest BCUT2D eigenvalue weighted by atomic mass is 32.2. The van der Waals surface area contributed by atoms with Crippen LogP contribution in [0.1, 0.15) is 34.6 Å². The lowest BCUT2D eigenvalue weighted by Crippen LogP contribution is -2.11. The van der Waals surface area contributed by atoms with Gasteiger partial charge in [-0.3, -0.25) is 0 Å². The number of rotatable bonds is 3. The van der Waals surface area contributed by atoms with Crippen molar-refractivity contribution in [3.63, 3.8) is 0 Å². The molecule has 1 aliphatic rings. The van der Waals surface area contributed by atoms with E-state index in [2.05, 4.69) is 4.98 Å². The molecule has 1 aromatic carbocycles. The summed E-state index contributed by atoms with van der Waals surface area (Å²) in [5.41, 5.74) is 3.37. The molecule has 0 saturated carbocycles. The summed E-state index contributed by atoms with van der Waals surface area (Å²) in [6.07, 6.45) is 7.94. The van der Waals surface area contributed by atoms with E-state index in [9.17, 15) is 9.90 Å². The molecule has 0 bridgehead atoms. The highest BCUT2D eigenvalue weighted by Crippen LogP contribution is 2.29. The van der Waals surface area contributed by atoms with Crippen LogP contribution in [-0.4, -0.2) is 26.9 Å². The lowest BCUT2D eigenvalue weighted by molar-refractivity contribution is 0.0693. The minimum atomic E-state index is -0.886. The molecule has 0 atom stereocenters. The van der Waals surface area contributed by atoms with Gasteiger partial charge < -0.3 is 9.67 Å². The topological polar surface area (TPSA) is 55.1 Å². The fourth-order valence-electron chi connectivity index (χ4n) is 2.78. The normalized spacial score (nSPS) is 14.1. The van der Waals surface area contributed by atoms with Crippen LogP contribution in [0.4, 0.5) is 0 Å². The van der Waals surface area contributed by atoms with Crippen molar-refractivity contribution in [2.45, 2.75) is 30.6 Å². The van der Waals surface area contributed by atoms with Gasteiger partial charge in [-0.2, -0.15) is 0 Å². The molecule has 0 spiro atoms. The minimum Gasteiger partial charge on any atom is -0.478 e. The average Bonchev–Trinajstić information content (AvgIpc) is 2.90. The smallest absolute Gasteiger partial charge is 0.338 e. The molecule has 0 amide bonds. The molecular weight excluding hydrogens is 272 g/mol. The van der Waals surface area contributed by atoms with E-state index in [1.165, 1.54) is 18.2 Å². The van der Waals surface area contributed by atoms with Crippen LogP contribution in [0.2, 0.25) is 0 Å². The third-order valence-corrected chi connectivity index (χ3v) is 4.51. The summed E-state index contributed by atoms with van der Waals surface area (Å²) in [6, 6.07) is 5.61. The summed E-state index contributed by atoms with van der Waals surface area (Å²) >= 11 is 1.46. The maximum atomic E-state index is 11.6. The zero-order valence-electron chi connectivity index (χ0n) is 11.3. The molecule has 0 radical (unpaired) electrons. The van der Waals surface area contributed by atoms with E-state index < -0.39 is 5.97 Å². The van der Waals surface area contributed by atoms with Gasteiger partial charge in [-0.1, -0.05) is 6.07 Å². The molecule has 1 N–H and O–H groups in total. The van der Waals surface area contributed by atoms with E-state index in [4.69, 9.17) is 0 Å². The molecule has 0 saturated heterocycles. The van der Waals surface area contributed by atoms with Gasteiger partial charge in [0.25, 0.3) is 0 Å². The number of benzene rings is 1. The Kier molecular flexibility index (Phi) is 3.53. The number of aromatic nitrogens is 2. The van der Waals surface area contributed by atoms with E-state index in [1.54, 1.807) is 6.33 Å². The number of hydrogen-bond acceptors (Lipinski definition) is 3. The van der Waals surface area contributed by atoms with Crippen LogP contribution in [0.3, 0.4) is 0 Å². The number of aryl methyl sites for hydroxylation is 1. The van der Waals surface area contributed by atoms with Crippen LogP contribution in [0.25, 0.3) is 5.69 Å². The van der Waals surface area contributed by atoms with Crippen molar-refractivity contribution in [1.29, 1.82) is 0 Å². The predicted octanol–water partition coefficient (Wildman–Crippen LogP) is 3.17. The molecule has 2 aromatic rings. The summed E-state index contributed by atoms with van der Waals surface area (Å²) in [5, 5.41) is 9.53. The number of imidazole rings is 1. The van der Waals surface area contributed by atoms with Crippen LogP contribution in [0.15, 0.2) is 29.4 Å². The van der Waals surface area contributed by atoms with Crippen molar-refractivity contribution in [2.24, 2.45) is 0 Å². The third kappa shape index (κ3) is 2.12. The van der Waals surface area contributed by atoms with Gasteiger partial charge in [-0.25, -0.2) is 9.78 Å². The summed E-state index contributed by atoms with van der Waals surface area (Å²) in [6.45, 7) is 0. The average molecular weight is 288 g/mol. The number of carboxylic acid groups (broad SMARTS) is 1. The van der Waals surface area contributed by atoms with Crippen LogP contribution >= 0.6 is 11.8 Å². The molecule has 3 rings (SSSR count). The summed E-state index contributed by atoms with van der Waals surface area (Å²) < 4.78 is 1.96. The number of carboxylic acids is 1. The van der Waals surface area contributed by atoms with Crippen molar-refractivity contribution >= 4 is 17.7 Å². The summed E-state index contributed by atoms with van der Waals surface area (Å²) in [5.74, 6) is -0.886. The maximum Gasteiger partial charge on any atom is 0.338 e. The first-order valence-electron chi connectivity index (χ1n) is 6.68. The van der Waals surface area contributed by atoms with Crippen molar-refractivity contribution in [2.75, 3.05) is 6.26 Å². The zero-order chi connectivity index (χ0) is 14.1.